The number of fused-ring (bicyclic) bond motifs is 1. The van der Waals surface area contributed by atoms with E-state index in [0.29, 0.717) is 15.7 Å². The number of pyridine rings is 1. The molecule has 0 saturated heterocycles. The average Bonchev–Trinajstić information content (AvgIpc) is 2.95. The second kappa shape index (κ2) is 7.09. The van der Waals surface area contributed by atoms with E-state index in [2.05, 4.69) is 15.3 Å². The molecule has 1 saturated carbocycles. The highest BCUT2D eigenvalue weighted by molar-refractivity contribution is 7.90. The fourth-order valence-electron chi connectivity index (χ4n) is 3.07. The zero-order valence-electron chi connectivity index (χ0n) is 13.3. The third-order valence-electron chi connectivity index (χ3n) is 4.40. The maximum absolute atomic E-state index is 13.7. The van der Waals surface area contributed by atoms with Crippen molar-refractivity contribution in [2.24, 2.45) is 5.92 Å². The highest BCUT2D eigenvalue weighted by atomic mass is 35.5. The number of aromatic nitrogens is 2. The van der Waals surface area contributed by atoms with Crippen molar-refractivity contribution >= 4 is 48.1 Å². The van der Waals surface area contributed by atoms with Crippen molar-refractivity contribution in [3.8, 4) is 0 Å². The normalized spacial score (nSPS) is 22.0. The van der Waals surface area contributed by atoms with Gasteiger partial charge in [-0.1, -0.05) is 22.9 Å². The molecule has 2 heterocycles. The van der Waals surface area contributed by atoms with Gasteiger partial charge in [0.2, 0.25) is 0 Å². The fourth-order valence-corrected chi connectivity index (χ4v) is 5.02. The van der Waals surface area contributed by atoms with E-state index < -0.39 is 15.7 Å². The van der Waals surface area contributed by atoms with E-state index in [-0.39, 0.29) is 22.5 Å². The Bertz CT molecular complexity index is 794. The minimum atomic E-state index is -2.89. The quantitative estimate of drug-likeness (QED) is 0.783. The third-order valence-corrected chi connectivity index (χ3v) is 6.77. The lowest BCUT2D eigenvalue weighted by molar-refractivity contribution is 0.330. The molecule has 5 nitrogen and oxygen atoms in total. The van der Waals surface area contributed by atoms with Gasteiger partial charge in [0.1, 0.15) is 20.5 Å². The molecule has 3 rings (SSSR count). The van der Waals surface area contributed by atoms with Gasteiger partial charge in [-0.05, 0) is 38.0 Å². The second-order valence-electron chi connectivity index (χ2n) is 6.37. The van der Waals surface area contributed by atoms with Crippen LogP contribution >= 0.6 is 22.9 Å². The minimum absolute atomic E-state index is 0.254. The zero-order valence-corrected chi connectivity index (χ0v) is 15.6. The Morgan fingerprint density at radius 3 is 2.71 bits per heavy atom. The lowest BCUT2D eigenvalue weighted by atomic mass is 9.84. The van der Waals surface area contributed by atoms with E-state index in [1.807, 2.05) is 0 Å². The number of rotatable bonds is 5. The van der Waals surface area contributed by atoms with Gasteiger partial charge in [0, 0.05) is 12.3 Å². The fraction of sp³-hybridized carbons (Fsp3) is 0.600. The SMILES string of the molecule is CS(=O)(=O)CC[C@H]1CC[C@H](Nc2nc3c(F)cnc(Cl)c3s2)CC1. The van der Waals surface area contributed by atoms with Gasteiger partial charge in [0.25, 0.3) is 0 Å². The summed E-state index contributed by atoms with van der Waals surface area (Å²) in [6.45, 7) is 0. The Kier molecular flexibility index (Phi) is 5.27. The average molecular weight is 392 g/mol. The first-order valence-electron chi connectivity index (χ1n) is 7.86. The summed E-state index contributed by atoms with van der Waals surface area (Å²) in [5, 5.41) is 4.27. The summed E-state index contributed by atoms with van der Waals surface area (Å²) in [5.74, 6) is 0.255. The number of nitrogens with one attached hydrogen (secondary N) is 1. The molecule has 1 aliphatic rings. The van der Waals surface area contributed by atoms with Crippen LogP contribution in [0.4, 0.5) is 9.52 Å². The molecule has 9 heteroatoms. The Hall–Kier alpha value is -0.990. The molecule has 0 bridgehead atoms. The van der Waals surface area contributed by atoms with Crippen LogP contribution in [0, 0.1) is 11.7 Å². The van der Waals surface area contributed by atoms with Gasteiger partial charge in [-0.25, -0.2) is 22.8 Å². The van der Waals surface area contributed by atoms with Crippen LogP contribution in [0.1, 0.15) is 32.1 Å². The van der Waals surface area contributed by atoms with Gasteiger partial charge in [-0.15, -0.1) is 0 Å². The summed E-state index contributed by atoms with van der Waals surface area (Å²) < 4.78 is 36.8. The van der Waals surface area contributed by atoms with Crippen LogP contribution < -0.4 is 5.32 Å². The number of hydrogen-bond donors (Lipinski definition) is 1. The molecule has 1 N–H and O–H groups in total. The summed E-state index contributed by atoms with van der Waals surface area (Å²) >= 11 is 7.30. The van der Waals surface area contributed by atoms with Crippen molar-refractivity contribution in [2.45, 2.75) is 38.1 Å². The number of hydrogen-bond acceptors (Lipinski definition) is 6. The first-order chi connectivity index (χ1) is 11.3. The summed E-state index contributed by atoms with van der Waals surface area (Å²) in [7, 11) is -2.89. The second-order valence-corrected chi connectivity index (χ2v) is 9.99. The molecular weight excluding hydrogens is 373 g/mol. The van der Waals surface area contributed by atoms with Gasteiger partial charge < -0.3 is 5.32 Å². The largest absolute Gasteiger partial charge is 0.359 e. The van der Waals surface area contributed by atoms with E-state index in [1.165, 1.54) is 17.6 Å². The van der Waals surface area contributed by atoms with Gasteiger partial charge in [-0.3, -0.25) is 0 Å². The molecule has 2 aromatic rings. The first kappa shape index (κ1) is 17.8. The number of halogens is 2. The van der Waals surface area contributed by atoms with E-state index in [9.17, 15) is 12.8 Å². The molecule has 0 amide bonds. The van der Waals surface area contributed by atoms with Crippen LogP contribution in [0.3, 0.4) is 0 Å². The highest BCUT2D eigenvalue weighted by Gasteiger charge is 2.23. The predicted octanol–water partition coefficient (Wildman–Crippen LogP) is 3.89. The topological polar surface area (TPSA) is 72.0 Å². The molecule has 24 heavy (non-hydrogen) atoms. The first-order valence-corrected chi connectivity index (χ1v) is 11.1. The highest BCUT2D eigenvalue weighted by Crippen LogP contribution is 2.34. The molecule has 1 aliphatic carbocycles. The van der Waals surface area contributed by atoms with E-state index in [4.69, 9.17) is 11.6 Å². The van der Waals surface area contributed by atoms with E-state index in [1.54, 1.807) is 0 Å². The summed E-state index contributed by atoms with van der Waals surface area (Å²) in [5.41, 5.74) is 0.254. The van der Waals surface area contributed by atoms with Crippen molar-refractivity contribution in [3.05, 3.63) is 17.2 Å². The lowest BCUT2D eigenvalue weighted by Crippen LogP contribution is -2.26. The van der Waals surface area contributed by atoms with Crippen LogP contribution in [0.25, 0.3) is 10.2 Å². The standard InChI is InChI=1S/C15H19ClFN3O2S2/c1-24(21,22)7-6-9-2-4-10(5-3-9)19-15-20-12-11(17)8-18-14(16)13(12)23-15/h8-10H,2-7H2,1H3,(H,19,20)/t9-,10-. The number of sulfone groups is 1. The lowest BCUT2D eigenvalue weighted by Gasteiger charge is -2.28. The molecule has 2 aromatic heterocycles. The Balaban J connectivity index is 1.58. The predicted molar refractivity (Wildman–Crippen MR) is 96.1 cm³/mol. The van der Waals surface area contributed by atoms with Gasteiger partial charge >= 0.3 is 0 Å². The Morgan fingerprint density at radius 1 is 1.38 bits per heavy atom. The van der Waals surface area contributed by atoms with Crippen molar-refractivity contribution in [1.82, 2.24) is 9.97 Å². The van der Waals surface area contributed by atoms with Crippen molar-refractivity contribution in [1.29, 1.82) is 0 Å². The Labute approximate surface area is 149 Å². The molecule has 0 aliphatic heterocycles. The van der Waals surface area contributed by atoms with Crippen molar-refractivity contribution < 1.29 is 12.8 Å². The van der Waals surface area contributed by atoms with Crippen LogP contribution in [0.2, 0.25) is 5.15 Å². The number of thiazole rings is 1. The van der Waals surface area contributed by atoms with Crippen molar-refractivity contribution in [3.63, 3.8) is 0 Å². The molecule has 0 spiro atoms. The van der Waals surface area contributed by atoms with Crippen LogP contribution in [-0.2, 0) is 9.84 Å². The van der Waals surface area contributed by atoms with Gasteiger partial charge in [-0.2, -0.15) is 0 Å². The molecule has 132 valence electrons. The number of nitrogens with zero attached hydrogens (tertiary/aromatic N) is 2. The molecule has 0 unspecified atom stereocenters. The molecule has 1 fully saturated rings. The smallest absolute Gasteiger partial charge is 0.184 e. The van der Waals surface area contributed by atoms with Gasteiger partial charge in [0.05, 0.1) is 16.6 Å². The van der Waals surface area contributed by atoms with Gasteiger partial charge in [0.15, 0.2) is 10.9 Å². The maximum atomic E-state index is 13.7. The summed E-state index contributed by atoms with van der Waals surface area (Å²) in [6.07, 6.45) is 7.01. The zero-order chi connectivity index (χ0) is 17.3. The third kappa shape index (κ3) is 4.34. The maximum Gasteiger partial charge on any atom is 0.184 e. The molecule has 0 aromatic carbocycles. The van der Waals surface area contributed by atoms with E-state index >= 15 is 0 Å². The minimum Gasteiger partial charge on any atom is -0.359 e. The number of anilines is 1. The summed E-state index contributed by atoms with van der Waals surface area (Å²) in [6, 6.07) is 0.273. The molecular formula is C15H19ClFN3O2S2. The summed E-state index contributed by atoms with van der Waals surface area (Å²) in [4.78, 5) is 8.08. The molecule has 0 atom stereocenters. The molecule has 0 radical (unpaired) electrons. The van der Waals surface area contributed by atoms with Crippen molar-refractivity contribution in [2.75, 3.05) is 17.3 Å². The monoisotopic (exact) mass is 391 g/mol. The van der Waals surface area contributed by atoms with Crippen LogP contribution in [-0.4, -0.2) is 36.4 Å². The Morgan fingerprint density at radius 2 is 2.08 bits per heavy atom. The van der Waals surface area contributed by atoms with Crippen LogP contribution in [0.15, 0.2) is 6.20 Å². The van der Waals surface area contributed by atoms with E-state index in [0.717, 1.165) is 38.3 Å². The van der Waals surface area contributed by atoms with Crippen LogP contribution in [0.5, 0.6) is 0 Å².